The summed E-state index contributed by atoms with van der Waals surface area (Å²) in [5.41, 5.74) is 4.99. The number of nitrogens with two attached hydrogens (primary N) is 1. The van der Waals surface area contributed by atoms with Gasteiger partial charge in [-0.15, -0.1) is 0 Å². The SMILES string of the molecule is CC1=C[C@H]2[C@@]3(O)[C@H](C)C[C@]4(OC(=O)[C@@H](N)CCc5ccc(C)cc5)[C@H]([C@@H]3C=C(CO)C[C@]2(O)C1=O)C4(C)C. The Morgan fingerprint density at radius 1 is 1.16 bits per heavy atom. The third-order valence-electron chi connectivity index (χ3n) is 10.3. The van der Waals surface area contributed by atoms with Gasteiger partial charge in [0.25, 0.3) is 0 Å². The van der Waals surface area contributed by atoms with Crippen molar-refractivity contribution < 1.29 is 29.6 Å². The number of rotatable bonds is 6. The Morgan fingerprint density at radius 2 is 1.82 bits per heavy atom. The number of carbonyl (C=O) groups is 2. The van der Waals surface area contributed by atoms with Crippen molar-refractivity contribution in [3.05, 3.63) is 58.7 Å². The summed E-state index contributed by atoms with van der Waals surface area (Å²) < 4.78 is 6.28. The van der Waals surface area contributed by atoms with Gasteiger partial charge in [0.15, 0.2) is 5.78 Å². The Hall–Kier alpha value is -2.32. The van der Waals surface area contributed by atoms with Crippen LogP contribution in [0.2, 0.25) is 0 Å². The van der Waals surface area contributed by atoms with E-state index in [9.17, 15) is 24.9 Å². The molecular formula is C31H41NO6. The van der Waals surface area contributed by atoms with E-state index in [-0.39, 0.29) is 18.9 Å². The van der Waals surface area contributed by atoms with Crippen LogP contribution in [0, 0.1) is 36.0 Å². The molecule has 0 radical (unpaired) electrons. The number of fused-ring (bicyclic) bond motifs is 5. The largest absolute Gasteiger partial charge is 0.457 e. The molecule has 7 nitrogen and oxygen atoms in total. The number of benzene rings is 1. The number of carbonyl (C=O) groups excluding carboxylic acids is 2. The highest BCUT2D eigenvalue weighted by Gasteiger charge is 2.83. The lowest BCUT2D eigenvalue weighted by Gasteiger charge is -2.50. The van der Waals surface area contributed by atoms with Gasteiger partial charge in [-0.3, -0.25) is 9.59 Å². The number of hydrogen-bond donors (Lipinski definition) is 4. The summed E-state index contributed by atoms with van der Waals surface area (Å²) in [4.78, 5) is 26.4. The van der Waals surface area contributed by atoms with Crippen molar-refractivity contribution in [2.24, 2.45) is 34.8 Å². The van der Waals surface area contributed by atoms with Gasteiger partial charge in [-0.05, 0) is 55.7 Å². The minimum absolute atomic E-state index is 0.0316. The van der Waals surface area contributed by atoms with E-state index in [1.54, 1.807) is 13.0 Å². The third-order valence-corrected chi connectivity index (χ3v) is 10.3. The van der Waals surface area contributed by atoms with Crippen LogP contribution in [-0.2, 0) is 20.7 Å². The zero-order valence-corrected chi connectivity index (χ0v) is 23.0. The van der Waals surface area contributed by atoms with Crippen molar-refractivity contribution in [1.29, 1.82) is 0 Å². The highest BCUT2D eigenvalue weighted by Crippen LogP contribution is 2.76. The Labute approximate surface area is 224 Å². The molecule has 2 fully saturated rings. The number of aliphatic hydroxyl groups is 3. The molecule has 0 bridgehead atoms. The van der Waals surface area contributed by atoms with Crippen molar-refractivity contribution in [2.45, 2.75) is 83.1 Å². The lowest BCUT2D eigenvalue weighted by Crippen LogP contribution is -2.61. The third kappa shape index (κ3) is 3.69. The number of aliphatic hydroxyl groups excluding tert-OH is 1. The van der Waals surface area contributed by atoms with Crippen LogP contribution < -0.4 is 5.73 Å². The van der Waals surface area contributed by atoms with Crippen molar-refractivity contribution in [2.75, 3.05) is 6.61 Å². The van der Waals surface area contributed by atoms with Crippen LogP contribution in [0.1, 0.15) is 58.1 Å². The van der Waals surface area contributed by atoms with Gasteiger partial charge >= 0.3 is 5.97 Å². The van der Waals surface area contributed by atoms with Crippen LogP contribution in [0.5, 0.6) is 0 Å². The Bertz CT molecular complexity index is 1220. The average Bonchev–Trinajstić information content (AvgIpc) is 3.27. The molecule has 4 aliphatic carbocycles. The molecule has 5 rings (SSSR count). The molecule has 4 aliphatic rings. The predicted molar refractivity (Wildman–Crippen MR) is 143 cm³/mol. The molecule has 5 N–H and O–H groups in total. The van der Waals surface area contributed by atoms with E-state index in [0.29, 0.717) is 30.4 Å². The summed E-state index contributed by atoms with van der Waals surface area (Å²) in [5.74, 6) is -2.84. The molecule has 0 amide bonds. The average molecular weight is 524 g/mol. The normalized spacial score (nSPS) is 39.7. The van der Waals surface area contributed by atoms with E-state index in [4.69, 9.17) is 10.5 Å². The van der Waals surface area contributed by atoms with Crippen LogP contribution in [0.15, 0.2) is 47.6 Å². The summed E-state index contributed by atoms with van der Waals surface area (Å²) in [6.45, 7) is 9.33. The highest BCUT2D eigenvalue weighted by molar-refractivity contribution is 6.04. The quantitative estimate of drug-likeness (QED) is 0.333. The first-order chi connectivity index (χ1) is 17.7. The second kappa shape index (κ2) is 8.85. The lowest BCUT2D eigenvalue weighted by molar-refractivity contribution is -0.187. The minimum Gasteiger partial charge on any atom is -0.457 e. The fourth-order valence-corrected chi connectivity index (χ4v) is 8.05. The summed E-state index contributed by atoms with van der Waals surface area (Å²) in [5, 5.41) is 34.1. The van der Waals surface area contributed by atoms with Crippen LogP contribution in [0.4, 0.5) is 0 Å². The van der Waals surface area contributed by atoms with Gasteiger partial charge in [-0.25, -0.2) is 0 Å². The summed E-state index contributed by atoms with van der Waals surface area (Å²) in [7, 11) is 0. The van der Waals surface area contributed by atoms with E-state index in [2.05, 4.69) is 0 Å². The summed E-state index contributed by atoms with van der Waals surface area (Å²) in [6, 6.07) is 7.38. The first kappa shape index (κ1) is 27.3. The molecule has 8 atom stereocenters. The first-order valence-electron chi connectivity index (χ1n) is 13.7. The Kier molecular flexibility index (Phi) is 6.35. The molecule has 38 heavy (non-hydrogen) atoms. The second-order valence-corrected chi connectivity index (χ2v) is 12.9. The van der Waals surface area contributed by atoms with Crippen molar-refractivity contribution in [1.82, 2.24) is 0 Å². The molecule has 0 aliphatic heterocycles. The van der Waals surface area contributed by atoms with Crippen LogP contribution in [0.3, 0.4) is 0 Å². The Balaban J connectivity index is 1.42. The molecular weight excluding hydrogens is 482 g/mol. The monoisotopic (exact) mass is 523 g/mol. The lowest BCUT2D eigenvalue weighted by atomic mass is 9.60. The fourth-order valence-electron chi connectivity index (χ4n) is 8.05. The van der Waals surface area contributed by atoms with Crippen LogP contribution in [-0.4, -0.2) is 56.5 Å². The zero-order chi connectivity index (χ0) is 27.8. The fraction of sp³-hybridized carbons (Fsp3) is 0.613. The summed E-state index contributed by atoms with van der Waals surface area (Å²) in [6.07, 6.45) is 5.02. The number of ether oxygens (including phenoxy) is 1. The number of aryl methyl sites for hydroxylation is 2. The Morgan fingerprint density at radius 3 is 2.45 bits per heavy atom. The van der Waals surface area contributed by atoms with E-state index in [0.717, 1.165) is 5.56 Å². The van der Waals surface area contributed by atoms with E-state index in [1.807, 2.05) is 58.0 Å². The number of Topliss-reactive ketones (excluding diaryl/α,β-unsaturated/α-hetero) is 1. The van der Waals surface area contributed by atoms with Gasteiger partial charge in [-0.2, -0.15) is 0 Å². The van der Waals surface area contributed by atoms with E-state index >= 15 is 0 Å². The van der Waals surface area contributed by atoms with Crippen molar-refractivity contribution in [3.63, 3.8) is 0 Å². The molecule has 0 heterocycles. The van der Waals surface area contributed by atoms with Gasteiger partial charge in [0.05, 0.1) is 12.2 Å². The van der Waals surface area contributed by atoms with Crippen LogP contribution >= 0.6 is 0 Å². The van der Waals surface area contributed by atoms with Crippen LogP contribution in [0.25, 0.3) is 0 Å². The molecule has 0 spiro atoms. The smallest absolute Gasteiger partial charge is 0.323 e. The molecule has 1 aromatic carbocycles. The number of ketones is 1. The standard InChI is InChI=1S/C31H41NO6/c1-17-6-8-20(9-7-17)10-11-23(32)27(35)38-30-14-19(3)31(37)22(25(30)28(30,4)5)13-21(16-33)15-29(36)24(31)12-18(2)26(29)34/h6-9,12-13,19,22-25,33,36-37H,10-11,14-16,32H2,1-5H3/t19-,22+,23+,24-,25-,29-,30+,31-/m1/s1. The summed E-state index contributed by atoms with van der Waals surface area (Å²) >= 11 is 0. The topological polar surface area (TPSA) is 130 Å². The number of esters is 1. The maximum absolute atomic E-state index is 13.3. The maximum Gasteiger partial charge on any atom is 0.323 e. The van der Waals surface area contributed by atoms with Gasteiger partial charge in [0.2, 0.25) is 0 Å². The van der Waals surface area contributed by atoms with E-state index in [1.165, 1.54) is 5.56 Å². The maximum atomic E-state index is 13.3. The van der Waals surface area contributed by atoms with Gasteiger partial charge in [-0.1, -0.05) is 62.8 Å². The van der Waals surface area contributed by atoms with Gasteiger partial charge < -0.3 is 25.8 Å². The van der Waals surface area contributed by atoms with Crippen molar-refractivity contribution >= 4 is 11.8 Å². The predicted octanol–water partition coefficient (Wildman–Crippen LogP) is 2.78. The van der Waals surface area contributed by atoms with Crippen molar-refractivity contribution in [3.8, 4) is 0 Å². The van der Waals surface area contributed by atoms with E-state index < -0.39 is 57.8 Å². The molecule has 0 saturated heterocycles. The molecule has 7 heteroatoms. The minimum atomic E-state index is -1.80. The first-order valence-corrected chi connectivity index (χ1v) is 13.7. The zero-order valence-electron chi connectivity index (χ0n) is 23.0. The highest BCUT2D eigenvalue weighted by atomic mass is 16.6. The second-order valence-electron chi connectivity index (χ2n) is 12.9. The molecule has 0 aromatic heterocycles. The molecule has 2 saturated carbocycles. The number of hydrogen-bond acceptors (Lipinski definition) is 7. The van der Waals surface area contributed by atoms with Gasteiger partial charge in [0.1, 0.15) is 17.2 Å². The molecule has 1 aromatic rings. The molecule has 206 valence electrons. The van der Waals surface area contributed by atoms with Gasteiger partial charge in [0, 0.05) is 29.6 Å². The molecule has 0 unspecified atom stereocenters.